The van der Waals surface area contributed by atoms with Gasteiger partial charge in [-0.1, -0.05) is 90.2 Å². The zero-order valence-electron chi connectivity index (χ0n) is 18.2. The van der Waals surface area contributed by atoms with Gasteiger partial charge in [-0.25, -0.2) is 0 Å². The summed E-state index contributed by atoms with van der Waals surface area (Å²) in [7, 11) is 0. The van der Waals surface area contributed by atoms with E-state index in [4.69, 9.17) is 0 Å². The molecule has 1 N–H and O–H groups in total. The molecule has 0 heterocycles. The number of unbranched alkanes of at least 4 members (excludes halogenated alkanes) is 10. The molecule has 4 heteroatoms. The minimum absolute atomic E-state index is 0. The van der Waals surface area contributed by atoms with E-state index in [1.165, 1.54) is 80.6 Å². The van der Waals surface area contributed by atoms with E-state index >= 15 is 0 Å². The highest BCUT2D eigenvalue weighted by molar-refractivity contribution is 14.1. The first-order chi connectivity index (χ1) is 13.2. The average Bonchev–Trinajstić information content (AvgIpc) is 2.67. The number of rotatable bonds is 17. The predicted molar refractivity (Wildman–Crippen MR) is 135 cm³/mol. The van der Waals surface area contributed by atoms with Gasteiger partial charge < -0.3 is 10.0 Å². The van der Waals surface area contributed by atoms with Crippen molar-refractivity contribution in [2.75, 3.05) is 19.6 Å². The third kappa shape index (κ3) is 14.2. The van der Waals surface area contributed by atoms with Crippen LogP contribution in [0.4, 0.5) is 0 Å². The Bertz CT molecular complexity index is 438. The molecule has 0 aliphatic carbocycles. The molecule has 1 unspecified atom stereocenters. The van der Waals surface area contributed by atoms with Crippen LogP contribution in [0.5, 0.6) is 0 Å². The smallest absolute Gasteiger partial charge is 0.0916 e. The van der Waals surface area contributed by atoms with Gasteiger partial charge in [0.1, 0.15) is 0 Å². The van der Waals surface area contributed by atoms with Crippen LogP contribution in [0.3, 0.4) is 0 Å². The molecule has 164 valence electrons. The molecule has 1 aromatic carbocycles. The van der Waals surface area contributed by atoms with Gasteiger partial charge in [-0.3, -0.25) is 0 Å². The molecule has 0 bridgehead atoms. The van der Waals surface area contributed by atoms with Crippen LogP contribution in [0.15, 0.2) is 24.3 Å². The molecule has 1 rings (SSSR count). The molecule has 0 radical (unpaired) electrons. The third-order valence-electron chi connectivity index (χ3n) is 5.34. The third-order valence-corrected chi connectivity index (χ3v) is 6.06. The second-order valence-corrected chi connectivity index (χ2v) is 9.15. The highest BCUT2D eigenvalue weighted by Crippen LogP contribution is 2.17. The SMILES string of the molecule is CCCCCCCCN(CCCCCCCC)CC(O)c1ccc(I)cc1.Cl. The normalized spacial score (nSPS) is 12.2. The molecule has 1 aromatic rings. The van der Waals surface area contributed by atoms with Crippen molar-refractivity contribution >= 4 is 35.0 Å². The second kappa shape index (κ2) is 19.1. The van der Waals surface area contributed by atoms with Gasteiger partial charge in [-0.2, -0.15) is 0 Å². The topological polar surface area (TPSA) is 23.5 Å². The van der Waals surface area contributed by atoms with Crippen LogP contribution >= 0.6 is 35.0 Å². The van der Waals surface area contributed by atoms with E-state index in [9.17, 15) is 5.11 Å². The van der Waals surface area contributed by atoms with Crippen molar-refractivity contribution in [3.05, 3.63) is 33.4 Å². The fourth-order valence-electron chi connectivity index (χ4n) is 3.56. The van der Waals surface area contributed by atoms with Gasteiger partial charge in [-0.15, -0.1) is 12.4 Å². The lowest BCUT2D eigenvalue weighted by atomic mass is 10.1. The Kier molecular flexibility index (Phi) is 19.3. The van der Waals surface area contributed by atoms with Crippen LogP contribution in [0.25, 0.3) is 0 Å². The van der Waals surface area contributed by atoms with Gasteiger partial charge in [0.05, 0.1) is 6.10 Å². The number of hydrogen-bond donors (Lipinski definition) is 1. The summed E-state index contributed by atoms with van der Waals surface area (Å²) in [4.78, 5) is 2.50. The minimum Gasteiger partial charge on any atom is -0.387 e. The van der Waals surface area contributed by atoms with Gasteiger partial charge in [-0.05, 0) is 66.2 Å². The summed E-state index contributed by atoms with van der Waals surface area (Å²) in [6.07, 6.45) is 15.6. The number of benzene rings is 1. The molecule has 0 aliphatic rings. The van der Waals surface area contributed by atoms with Gasteiger partial charge >= 0.3 is 0 Å². The van der Waals surface area contributed by atoms with Crippen molar-refractivity contribution in [3.8, 4) is 0 Å². The highest BCUT2D eigenvalue weighted by atomic mass is 127. The Balaban J connectivity index is 0.00000729. The lowest BCUT2D eigenvalue weighted by molar-refractivity contribution is 0.110. The van der Waals surface area contributed by atoms with E-state index in [0.717, 1.165) is 25.2 Å². The van der Waals surface area contributed by atoms with Crippen molar-refractivity contribution in [2.45, 2.75) is 97.0 Å². The minimum atomic E-state index is -0.373. The first-order valence-electron chi connectivity index (χ1n) is 11.3. The van der Waals surface area contributed by atoms with Crippen LogP contribution in [0, 0.1) is 3.57 Å². The number of halogens is 2. The van der Waals surface area contributed by atoms with E-state index in [1.807, 2.05) is 0 Å². The van der Waals surface area contributed by atoms with Crippen molar-refractivity contribution in [2.24, 2.45) is 0 Å². The van der Waals surface area contributed by atoms with Crippen LogP contribution in [0.2, 0.25) is 0 Å². The molecule has 0 fully saturated rings. The fraction of sp³-hybridized carbons (Fsp3) is 0.750. The summed E-state index contributed by atoms with van der Waals surface area (Å²) < 4.78 is 1.22. The predicted octanol–water partition coefficient (Wildman–Crippen LogP) is 7.77. The van der Waals surface area contributed by atoms with E-state index in [2.05, 4.69) is 65.6 Å². The lowest BCUT2D eigenvalue weighted by Crippen LogP contribution is -2.31. The molecule has 1 atom stereocenters. The molecule has 0 aliphatic heterocycles. The summed E-state index contributed by atoms with van der Waals surface area (Å²) in [5, 5.41) is 10.7. The lowest BCUT2D eigenvalue weighted by Gasteiger charge is -2.25. The summed E-state index contributed by atoms with van der Waals surface area (Å²) in [6.45, 7) is 7.57. The summed E-state index contributed by atoms with van der Waals surface area (Å²) in [5.41, 5.74) is 1.05. The number of hydrogen-bond acceptors (Lipinski definition) is 2. The number of nitrogens with zero attached hydrogens (tertiary/aromatic N) is 1. The Morgan fingerprint density at radius 1 is 0.750 bits per heavy atom. The Labute approximate surface area is 194 Å². The Morgan fingerprint density at radius 2 is 1.18 bits per heavy atom. The van der Waals surface area contributed by atoms with Crippen molar-refractivity contribution in [3.63, 3.8) is 0 Å². The van der Waals surface area contributed by atoms with E-state index < -0.39 is 0 Å². The van der Waals surface area contributed by atoms with Crippen LogP contribution in [-0.4, -0.2) is 29.6 Å². The van der Waals surface area contributed by atoms with Crippen LogP contribution in [0.1, 0.15) is 103 Å². The summed E-state index contributed by atoms with van der Waals surface area (Å²) >= 11 is 2.32. The molecule has 0 saturated heterocycles. The first kappa shape index (κ1) is 28.2. The maximum atomic E-state index is 10.7. The molecular formula is C24H43ClINO. The fourth-order valence-corrected chi connectivity index (χ4v) is 3.92. The molecular weight excluding hydrogens is 481 g/mol. The largest absolute Gasteiger partial charge is 0.387 e. The quantitative estimate of drug-likeness (QED) is 0.166. The molecule has 28 heavy (non-hydrogen) atoms. The molecule has 0 saturated carbocycles. The molecule has 0 amide bonds. The van der Waals surface area contributed by atoms with E-state index in [1.54, 1.807) is 0 Å². The van der Waals surface area contributed by atoms with Crippen molar-refractivity contribution in [1.82, 2.24) is 4.90 Å². The standard InChI is InChI=1S/C24H42INO.ClH/c1-3-5-7-9-11-13-19-26(20-14-12-10-8-6-4-2)21-24(27)22-15-17-23(25)18-16-22;/h15-18,24,27H,3-14,19-21H2,1-2H3;1H. The van der Waals surface area contributed by atoms with Crippen LogP contribution in [-0.2, 0) is 0 Å². The summed E-state index contributed by atoms with van der Waals surface area (Å²) in [5.74, 6) is 0. The van der Waals surface area contributed by atoms with E-state index in [-0.39, 0.29) is 18.5 Å². The molecule has 0 aromatic heterocycles. The highest BCUT2D eigenvalue weighted by Gasteiger charge is 2.13. The van der Waals surface area contributed by atoms with Gasteiger partial charge in [0.15, 0.2) is 0 Å². The van der Waals surface area contributed by atoms with Crippen molar-refractivity contribution in [1.29, 1.82) is 0 Å². The van der Waals surface area contributed by atoms with Gasteiger partial charge in [0.2, 0.25) is 0 Å². The Morgan fingerprint density at radius 3 is 1.64 bits per heavy atom. The zero-order chi connectivity index (χ0) is 19.7. The Hall–Kier alpha value is 0.160. The van der Waals surface area contributed by atoms with Gasteiger partial charge in [0.25, 0.3) is 0 Å². The number of aliphatic hydroxyl groups is 1. The maximum absolute atomic E-state index is 10.7. The van der Waals surface area contributed by atoms with Gasteiger partial charge in [0, 0.05) is 10.1 Å². The average molecular weight is 524 g/mol. The first-order valence-corrected chi connectivity index (χ1v) is 12.4. The monoisotopic (exact) mass is 523 g/mol. The maximum Gasteiger partial charge on any atom is 0.0916 e. The summed E-state index contributed by atoms with van der Waals surface area (Å²) in [6, 6.07) is 8.32. The molecule has 0 spiro atoms. The second-order valence-electron chi connectivity index (χ2n) is 7.90. The zero-order valence-corrected chi connectivity index (χ0v) is 21.1. The van der Waals surface area contributed by atoms with E-state index in [0.29, 0.717) is 0 Å². The molecule has 2 nitrogen and oxygen atoms in total. The van der Waals surface area contributed by atoms with Crippen LogP contribution < -0.4 is 0 Å². The van der Waals surface area contributed by atoms with Crippen molar-refractivity contribution < 1.29 is 5.11 Å². The number of aliphatic hydroxyl groups excluding tert-OH is 1.